The van der Waals surface area contributed by atoms with Gasteiger partial charge in [-0.25, -0.2) is 4.79 Å². The van der Waals surface area contributed by atoms with E-state index in [4.69, 9.17) is 9.63 Å². The molecule has 0 spiro atoms. The van der Waals surface area contributed by atoms with E-state index in [9.17, 15) is 9.59 Å². The second-order valence-electron chi connectivity index (χ2n) is 4.43. The van der Waals surface area contributed by atoms with Crippen molar-refractivity contribution >= 4 is 11.9 Å². The summed E-state index contributed by atoms with van der Waals surface area (Å²) in [6.45, 7) is 7.12. The molecule has 1 atom stereocenters. The minimum Gasteiger partial charge on any atom is -0.480 e. The zero-order chi connectivity index (χ0) is 13.9. The minimum atomic E-state index is -1.05. The molecular weight excluding hydrogens is 236 g/mol. The predicted molar refractivity (Wildman–Crippen MR) is 64.5 cm³/mol. The molecule has 0 aromatic carbocycles. The second kappa shape index (κ2) is 5.66. The van der Waals surface area contributed by atoms with Gasteiger partial charge >= 0.3 is 5.97 Å². The quantitative estimate of drug-likeness (QED) is 0.834. The van der Waals surface area contributed by atoms with E-state index >= 15 is 0 Å². The molecule has 0 aliphatic rings. The first kappa shape index (κ1) is 14.2. The molecule has 6 heteroatoms. The predicted octanol–water partition coefficient (Wildman–Crippen LogP) is 1.70. The van der Waals surface area contributed by atoms with E-state index in [1.807, 2.05) is 13.8 Å². The van der Waals surface area contributed by atoms with Crippen LogP contribution in [0.1, 0.15) is 54.9 Å². The molecule has 0 saturated carbocycles. The van der Waals surface area contributed by atoms with Gasteiger partial charge in [0.25, 0.3) is 5.91 Å². The Labute approximate surface area is 105 Å². The Morgan fingerprint density at radius 1 is 1.44 bits per heavy atom. The maximum atomic E-state index is 12.1. The van der Waals surface area contributed by atoms with Crippen molar-refractivity contribution in [2.75, 3.05) is 0 Å². The number of carbonyl (C=O) groups excluding carboxylic acids is 1. The normalized spacial score (nSPS) is 12.5. The highest BCUT2D eigenvalue weighted by atomic mass is 16.5. The molecule has 0 fully saturated rings. The van der Waals surface area contributed by atoms with Gasteiger partial charge in [0.2, 0.25) is 0 Å². The van der Waals surface area contributed by atoms with Gasteiger partial charge in [-0.15, -0.1) is 0 Å². The van der Waals surface area contributed by atoms with E-state index in [0.717, 1.165) is 0 Å². The maximum Gasteiger partial charge on any atom is 0.326 e. The molecular formula is C12H18N2O4. The number of rotatable bonds is 5. The minimum absolute atomic E-state index is 0.0110. The Hall–Kier alpha value is -1.85. The zero-order valence-electron chi connectivity index (χ0n) is 11.0. The van der Waals surface area contributed by atoms with Gasteiger partial charge in [-0.3, -0.25) is 4.79 Å². The summed E-state index contributed by atoms with van der Waals surface area (Å²) in [5.41, 5.74) is 0.807. The summed E-state index contributed by atoms with van der Waals surface area (Å²) in [7, 11) is 0. The Kier molecular flexibility index (Phi) is 4.47. The van der Waals surface area contributed by atoms with Crippen LogP contribution < -0.4 is 5.32 Å². The number of carbonyl (C=O) groups is 2. The monoisotopic (exact) mass is 254 g/mol. The van der Waals surface area contributed by atoms with Crippen molar-refractivity contribution in [3.05, 3.63) is 17.0 Å². The number of aliphatic carboxylic acids is 1. The molecule has 6 nitrogen and oxygen atoms in total. The summed E-state index contributed by atoms with van der Waals surface area (Å²) in [4.78, 5) is 22.9. The third-order valence-electron chi connectivity index (χ3n) is 2.65. The van der Waals surface area contributed by atoms with E-state index in [-0.39, 0.29) is 5.92 Å². The van der Waals surface area contributed by atoms with Gasteiger partial charge in [-0.05, 0) is 13.3 Å². The van der Waals surface area contributed by atoms with Crippen LogP contribution in [0.3, 0.4) is 0 Å². The van der Waals surface area contributed by atoms with Crippen LogP contribution in [-0.2, 0) is 4.79 Å². The summed E-state index contributed by atoms with van der Waals surface area (Å²) >= 11 is 0. The highest BCUT2D eigenvalue weighted by Crippen LogP contribution is 2.22. The maximum absolute atomic E-state index is 12.1. The standard InChI is InChI=1S/C12H18N2O4/c1-5-8(12(16)17)13-11(15)9-7(4)14-18-10(9)6(2)3/h6,8H,5H2,1-4H3,(H,13,15)(H,16,17). The van der Waals surface area contributed by atoms with Crippen molar-refractivity contribution < 1.29 is 19.2 Å². The first-order valence-corrected chi connectivity index (χ1v) is 5.88. The first-order valence-electron chi connectivity index (χ1n) is 5.88. The molecule has 1 aromatic heterocycles. The summed E-state index contributed by atoms with van der Waals surface area (Å²) in [5.74, 6) is -1.01. The Bertz CT molecular complexity index is 451. The molecule has 1 amide bonds. The van der Waals surface area contributed by atoms with Crippen LogP contribution in [0.4, 0.5) is 0 Å². The van der Waals surface area contributed by atoms with Gasteiger partial charge in [0.15, 0.2) is 5.76 Å². The van der Waals surface area contributed by atoms with Gasteiger partial charge in [-0.2, -0.15) is 0 Å². The van der Waals surface area contributed by atoms with E-state index < -0.39 is 17.9 Å². The topological polar surface area (TPSA) is 92.4 Å². The second-order valence-corrected chi connectivity index (χ2v) is 4.43. The first-order chi connectivity index (χ1) is 8.38. The van der Waals surface area contributed by atoms with E-state index in [2.05, 4.69) is 10.5 Å². The molecule has 0 aliphatic heterocycles. The average molecular weight is 254 g/mol. The van der Waals surface area contributed by atoms with Crippen molar-refractivity contribution in [3.63, 3.8) is 0 Å². The SMILES string of the molecule is CCC(NC(=O)c1c(C)noc1C(C)C)C(=O)O. The average Bonchev–Trinajstić information content (AvgIpc) is 2.67. The van der Waals surface area contributed by atoms with Crippen LogP contribution in [0.5, 0.6) is 0 Å². The van der Waals surface area contributed by atoms with Gasteiger partial charge in [0, 0.05) is 5.92 Å². The lowest BCUT2D eigenvalue weighted by Crippen LogP contribution is -2.40. The van der Waals surface area contributed by atoms with Gasteiger partial charge in [0.05, 0.1) is 5.69 Å². The van der Waals surface area contributed by atoms with E-state index in [1.54, 1.807) is 13.8 Å². The van der Waals surface area contributed by atoms with Crippen LogP contribution in [0.2, 0.25) is 0 Å². The number of nitrogens with zero attached hydrogens (tertiary/aromatic N) is 1. The van der Waals surface area contributed by atoms with Crippen LogP contribution in [0.15, 0.2) is 4.52 Å². The third kappa shape index (κ3) is 2.88. The van der Waals surface area contributed by atoms with E-state index in [0.29, 0.717) is 23.4 Å². The van der Waals surface area contributed by atoms with Crippen molar-refractivity contribution in [2.45, 2.75) is 46.1 Å². The van der Waals surface area contributed by atoms with Crippen LogP contribution in [-0.4, -0.2) is 28.2 Å². The lowest BCUT2D eigenvalue weighted by molar-refractivity contribution is -0.139. The number of carboxylic acids is 1. The number of aromatic nitrogens is 1. The highest BCUT2D eigenvalue weighted by molar-refractivity contribution is 5.98. The van der Waals surface area contributed by atoms with Gasteiger partial charge < -0.3 is 14.9 Å². The molecule has 0 saturated heterocycles. The van der Waals surface area contributed by atoms with Gasteiger partial charge in [0.1, 0.15) is 11.6 Å². The fourth-order valence-electron chi connectivity index (χ4n) is 1.63. The summed E-state index contributed by atoms with van der Waals surface area (Å²) < 4.78 is 5.10. The molecule has 100 valence electrons. The highest BCUT2D eigenvalue weighted by Gasteiger charge is 2.26. The molecule has 0 bridgehead atoms. The van der Waals surface area contributed by atoms with Gasteiger partial charge in [-0.1, -0.05) is 25.9 Å². The third-order valence-corrected chi connectivity index (χ3v) is 2.65. The number of amides is 1. The number of carboxylic acid groups (broad SMARTS) is 1. The fraction of sp³-hybridized carbons (Fsp3) is 0.583. The van der Waals surface area contributed by atoms with Crippen LogP contribution in [0, 0.1) is 6.92 Å². The number of aryl methyl sites for hydroxylation is 1. The molecule has 1 rings (SSSR count). The number of nitrogens with one attached hydrogen (secondary N) is 1. The van der Waals surface area contributed by atoms with Crippen molar-refractivity contribution in [1.29, 1.82) is 0 Å². The lowest BCUT2D eigenvalue weighted by Gasteiger charge is -2.12. The lowest BCUT2D eigenvalue weighted by atomic mass is 10.0. The molecule has 1 aromatic rings. The van der Waals surface area contributed by atoms with Crippen molar-refractivity contribution in [3.8, 4) is 0 Å². The largest absolute Gasteiger partial charge is 0.480 e. The van der Waals surface area contributed by atoms with Crippen LogP contribution >= 0.6 is 0 Å². The summed E-state index contributed by atoms with van der Waals surface area (Å²) in [6.07, 6.45) is 0.322. The molecule has 1 heterocycles. The Morgan fingerprint density at radius 2 is 2.06 bits per heavy atom. The summed E-state index contributed by atoms with van der Waals surface area (Å²) in [5, 5.41) is 15.1. The zero-order valence-corrected chi connectivity index (χ0v) is 11.0. The summed E-state index contributed by atoms with van der Waals surface area (Å²) in [6, 6.07) is -0.896. The number of hydrogen-bond acceptors (Lipinski definition) is 4. The van der Waals surface area contributed by atoms with Crippen molar-refractivity contribution in [2.24, 2.45) is 0 Å². The molecule has 2 N–H and O–H groups in total. The fourth-order valence-corrected chi connectivity index (χ4v) is 1.63. The molecule has 0 radical (unpaired) electrons. The van der Waals surface area contributed by atoms with Crippen molar-refractivity contribution in [1.82, 2.24) is 10.5 Å². The van der Waals surface area contributed by atoms with Crippen LogP contribution in [0.25, 0.3) is 0 Å². The molecule has 0 aliphatic carbocycles. The smallest absolute Gasteiger partial charge is 0.326 e. The Balaban J connectivity index is 2.97. The molecule has 1 unspecified atom stereocenters. The molecule has 18 heavy (non-hydrogen) atoms. The number of hydrogen-bond donors (Lipinski definition) is 2. The Morgan fingerprint density at radius 3 is 2.50 bits per heavy atom. The van der Waals surface area contributed by atoms with E-state index in [1.165, 1.54) is 0 Å².